The first-order chi connectivity index (χ1) is 11.3. The molecule has 0 spiro atoms. The Morgan fingerprint density at radius 2 is 1.74 bits per heavy atom. The van der Waals surface area contributed by atoms with Gasteiger partial charge >= 0.3 is 0 Å². The van der Waals surface area contributed by atoms with Crippen LogP contribution in [0, 0.1) is 0 Å². The average molecular weight is 306 g/mol. The summed E-state index contributed by atoms with van der Waals surface area (Å²) in [6.07, 6.45) is 4.76. The lowest BCUT2D eigenvalue weighted by molar-refractivity contribution is -0.109. The van der Waals surface area contributed by atoms with Gasteiger partial charge in [0.1, 0.15) is 18.2 Å². The number of aliphatic hydroxyl groups excluding tert-OH is 1. The van der Waals surface area contributed by atoms with Gasteiger partial charge in [0.25, 0.3) is 0 Å². The average Bonchev–Trinajstić information content (AvgIpc) is 3.06. The second-order valence-electron chi connectivity index (χ2n) is 5.29. The van der Waals surface area contributed by atoms with E-state index in [0.29, 0.717) is 12.2 Å². The van der Waals surface area contributed by atoms with Gasteiger partial charge in [0, 0.05) is 18.8 Å². The smallest absolute Gasteiger partial charge is 0.147 e. The van der Waals surface area contributed by atoms with E-state index in [0.717, 1.165) is 23.0 Å². The Labute approximate surface area is 135 Å². The third-order valence-corrected chi connectivity index (χ3v) is 3.87. The van der Waals surface area contributed by atoms with Crippen molar-refractivity contribution in [1.29, 1.82) is 0 Å². The highest BCUT2D eigenvalue weighted by Crippen LogP contribution is 2.23. The van der Waals surface area contributed by atoms with Crippen molar-refractivity contribution in [1.82, 2.24) is 9.55 Å². The van der Waals surface area contributed by atoms with Crippen molar-refractivity contribution in [3.05, 3.63) is 78.4 Å². The Balaban J connectivity index is 1.90. The molecule has 4 nitrogen and oxygen atoms in total. The van der Waals surface area contributed by atoms with E-state index < -0.39 is 6.04 Å². The Bertz CT molecular complexity index is 764. The zero-order valence-electron chi connectivity index (χ0n) is 12.7. The SMILES string of the molecule is O=C[C@H](c1ccc(-c2ccccc2)cc1)n1ccnc1CCO. The number of hydrogen-bond acceptors (Lipinski definition) is 3. The maximum Gasteiger partial charge on any atom is 0.147 e. The van der Waals surface area contributed by atoms with Crippen LogP contribution in [0.5, 0.6) is 0 Å². The Hall–Kier alpha value is -2.72. The second-order valence-corrected chi connectivity index (χ2v) is 5.29. The van der Waals surface area contributed by atoms with Crippen LogP contribution in [0.3, 0.4) is 0 Å². The van der Waals surface area contributed by atoms with Crippen LogP contribution in [0.1, 0.15) is 17.4 Å². The molecular weight excluding hydrogens is 288 g/mol. The number of carbonyl (C=O) groups is 1. The molecule has 0 aliphatic heterocycles. The summed E-state index contributed by atoms with van der Waals surface area (Å²) >= 11 is 0. The molecule has 0 saturated carbocycles. The van der Waals surface area contributed by atoms with Crippen LogP contribution < -0.4 is 0 Å². The summed E-state index contributed by atoms with van der Waals surface area (Å²) in [6.45, 7) is 0.00946. The first-order valence-electron chi connectivity index (χ1n) is 7.56. The molecule has 3 aromatic rings. The number of benzene rings is 2. The van der Waals surface area contributed by atoms with E-state index in [-0.39, 0.29) is 6.61 Å². The number of imidazole rings is 1. The van der Waals surface area contributed by atoms with Gasteiger partial charge in [0.05, 0.1) is 6.61 Å². The Kier molecular flexibility index (Phi) is 4.64. The highest BCUT2D eigenvalue weighted by Gasteiger charge is 2.16. The highest BCUT2D eigenvalue weighted by atomic mass is 16.3. The fourth-order valence-electron chi connectivity index (χ4n) is 2.70. The molecule has 1 atom stereocenters. The molecule has 0 radical (unpaired) electrons. The molecule has 23 heavy (non-hydrogen) atoms. The quantitative estimate of drug-likeness (QED) is 0.712. The molecule has 0 aliphatic carbocycles. The molecule has 0 bridgehead atoms. The van der Waals surface area contributed by atoms with Crippen LogP contribution in [0.15, 0.2) is 67.0 Å². The third kappa shape index (κ3) is 3.22. The number of aliphatic hydroxyl groups is 1. The first-order valence-corrected chi connectivity index (χ1v) is 7.56. The Morgan fingerprint density at radius 3 is 2.39 bits per heavy atom. The summed E-state index contributed by atoms with van der Waals surface area (Å²) in [5, 5.41) is 9.11. The summed E-state index contributed by atoms with van der Waals surface area (Å²) < 4.78 is 1.81. The number of nitrogens with zero attached hydrogens (tertiary/aromatic N) is 2. The predicted octanol–water partition coefficient (Wildman–Crippen LogP) is 2.87. The van der Waals surface area contributed by atoms with Gasteiger partial charge in [-0.05, 0) is 16.7 Å². The molecule has 4 heteroatoms. The third-order valence-electron chi connectivity index (χ3n) is 3.87. The topological polar surface area (TPSA) is 55.1 Å². The van der Waals surface area contributed by atoms with Gasteiger partial charge < -0.3 is 14.5 Å². The number of aldehydes is 1. The van der Waals surface area contributed by atoms with Gasteiger partial charge in [0.2, 0.25) is 0 Å². The standard InChI is InChI=1S/C19H18N2O2/c22-13-10-19-20-11-12-21(19)18(14-23)17-8-6-16(7-9-17)15-4-2-1-3-5-15/h1-9,11-12,14,18,22H,10,13H2/t18-/m1/s1. The summed E-state index contributed by atoms with van der Waals surface area (Å²) in [7, 11) is 0. The van der Waals surface area contributed by atoms with Crippen LogP contribution in [0.4, 0.5) is 0 Å². The van der Waals surface area contributed by atoms with Crippen LogP contribution in [0.25, 0.3) is 11.1 Å². The zero-order chi connectivity index (χ0) is 16.1. The van der Waals surface area contributed by atoms with E-state index in [1.54, 1.807) is 17.0 Å². The summed E-state index contributed by atoms with van der Waals surface area (Å²) in [4.78, 5) is 15.8. The molecule has 1 N–H and O–H groups in total. The summed E-state index contributed by atoms with van der Waals surface area (Å²) in [6, 6.07) is 17.6. The fourth-order valence-corrected chi connectivity index (χ4v) is 2.70. The predicted molar refractivity (Wildman–Crippen MR) is 89.1 cm³/mol. The van der Waals surface area contributed by atoms with Crippen molar-refractivity contribution in [3.8, 4) is 11.1 Å². The van der Waals surface area contributed by atoms with Crippen LogP contribution in [-0.4, -0.2) is 27.6 Å². The van der Waals surface area contributed by atoms with Crippen LogP contribution >= 0.6 is 0 Å². The lowest BCUT2D eigenvalue weighted by Gasteiger charge is -2.16. The van der Waals surface area contributed by atoms with Crippen molar-refractivity contribution >= 4 is 6.29 Å². The van der Waals surface area contributed by atoms with Gasteiger partial charge in [-0.25, -0.2) is 4.98 Å². The molecule has 0 fully saturated rings. The maximum atomic E-state index is 11.6. The second kappa shape index (κ2) is 7.03. The van der Waals surface area contributed by atoms with Gasteiger partial charge in [-0.3, -0.25) is 0 Å². The molecule has 0 aliphatic rings. The molecule has 1 heterocycles. The minimum Gasteiger partial charge on any atom is -0.396 e. The van der Waals surface area contributed by atoms with Crippen molar-refractivity contribution in [2.24, 2.45) is 0 Å². The number of carbonyl (C=O) groups excluding carboxylic acids is 1. The van der Waals surface area contributed by atoms with Crippen LogP contribution in [0.2, 0.25) is 0 Å². The van der Waals surface area contributed by atoms with E-state index in [4.69, 9.17) is 5.11 Å². The number of rotatable bonds is 6. The van der Waals surface area contributed by atoms with E-state index in [1.165, 1.54) is 0 Å². The first kappa shape index (κ1) is 15.2. The fraction of sp³-hybridized carbons (Fsp3) is 0.158. The van der Waals surface area contributed by atoms with E-state index in [1.807, 2.05) is 42.5 Å². The molecule has 0 amide bonds. The summed E-state index contributed by atoms with van der Waals surface area (Å²) in [5.74, 6) is 0.705. The maximum absolute atomic E-state index is 11.6. The minimum atomic E-state index is -0.427. The van der Waals surface area contributed by atoms with Crippen molar-refractivity contribution in [2.45, 2.75) is 12.5 Å². The normalized spacial score (nSPS) is 12.0. The lowest BCUT2D eigenvalue weighted by Crippen LogP contribution is -2.15. The highest BCUT2D eigenvalue weighted by molar-refractivity contribution is 5.66. The lowest BCUT2D eigenvalue weighted by atomic mass is 10.0. The van der Waals surface area contributed by atoms with Crippen LogP contribution in [-0.2, 0) is 11.2 Å². The largest absolute Gasteiger partial charge is 0.396 e. The molecule has 2 aromatic carbocycles. The van der Waals surface area contributed by atoms with E-state index >= 15 is 0 Å². The molecule has 0 saturated heterocycles. The van der Waals surface area contributed by atoms with E-state index in [2.05, 4.69) is 17.1 Å². The zero-order valence-corrected chi connectivity index (χ0v) is 12.7. The molecular formula is C19H18N2O2. The van der Waals surface area contributed by atoms with Gasteiger partial charge in [-0.15, -0.1) is 0 Å². The summed E-state index contributed by atoms with van der Waals surface area (Å²) in [5.41, 5.74) is 3.15. The number of hydrogen-bond donors (Lipinski definition) is 1. The van der Waals surface area contributed by atoms with Gasteiger partial charge in [-0.1, -0.05) is 54.6 Å². The molecule has 3 rings (SSSR count). The molecule has 0 unspecified atom stereocenters. The Morgan fingerprint density at radius 1 is 1.04 bits per heavy atom. The van der Waals surface area contributed by atoms with Crippen molar-refractivity contribution in [3.63, 3.8) is 0 Å². The van der Waals surface area contributed by atoms with Gasteiger partial charge in [0.15, 0.2) is 0 Å². The van der Waals surface area contributed by atoms with Gasteiger partial charge in [-0.2, -0.15) is 0 Å². The minimum absolute atomic E-state index is 0.00946. The number of aromatic nitrogens is 2. The van der Waals surface area contributed by atoms with Crippen molar-refractivity contribution in [2.75, 3.05) is 6.61 Å². The monoisotopic (exact) mass is 306 g/mol. The van der Waals surface area contributed by atoms with E-state index in [9.17, 15) is 4.79 Å². The van der Waals surface area contributed by atoms with Crippen molar-refractivity contribution < 1.29 is 9.90 Å². The molecule has 116 valence electrons. The molecule has 1 aromatic heterocycles.